The fourth-order valence-electron chi connectivity index (χ4n) is 2.29. The zero-order valence-corrected chi connectivity index (χ0v) is 13.3. The Morgan fingerprint density at radius 1 is 1.32 bits per heavy atom. The van der Waals surface area contributed by atoms with Gasteiger partial charge in [-0.05, 0) is 18.8 Å². The summed E-state index contributed by atoms with van der Waals surface area (Å²) in [6.45, 7) is 13.9. The summed E-state index contributed by atoms with van der Waals surface area (Å²) >= 11 is 0. The van der Waals surface area contributed by atoms with Crippen molar-refractivity contribution in [2.75, 3.05) is 39.8 Å². The second-order valence-electron chi connectivity index (χ2n) is 6.97. The van der Waals surface area contributed by atoms with Gasteiger partial charge in [0.1, 0.15) is 0 Å². The average Bonchev–Trinajstić information content (AvgIpc) is 2.36. The molecule has 19 heavy (non-hydrogen) atoms. The number of hydrogen-bond acceptors (Lipinski definition) is 3. The van der Waals surface area contributed by atoms with Crippen LogP contribution in [-0.4, -0.2) is 61.5 Å². The second kappa shape index (κ2) is 7.25. The van der Waals surface area contributed by atoms with E-state index in [1.54, 1.807) is 0 Å². The van der Waals surface area contributed by atoms with Crippen LogP contribution in [0.5, 0.6) is 0 Å². The lowest BCUT2D eigenvalue weighted by molar-refractivity contribution is -0.131. The van der Waals surface area contributed by atoms with Crippen molar-refractivity contribution in [2.45, 2.75) is 46.6 Å². The molecule has 4 nitrogen and oxygen atoms in total. The van der Waals surface area contributed by atoms with Crippen molar-refractivity contribution in [1.29, 1.82) is 0 Å². The molecule has 1 heterocycles. The Kier molecular flexibility index (Phi) is 6.27. The number of hydrogen-bond donors (Lipinski definition) is 1. The molecular formula is C15H31N3O. The molecule has 1 N–H and O–H groups in total. The van der Waals surface area contributed by atoms with Gasteiger partial charge in [-0.25, -0.2) is 0 Å². The molecule has 0 aromatic rings. The predicted molar refractivity (Wildman–Crippen MR) is 80.2 cm³/mol. The van der Waals surface area contributed by atoms with Gasteiger partial charge in [-0.3, -0.25) is 9.69 Å². The number of carbonyl (C=O) groups excluding carboxylic acids is 1. The molecule has 1 atom stereocenters. The van der Waals surface area contributed by atoms with Gasteiger partial charge in [0.2, 0.25) is 5.91 Å². The highest BCUT2D eigenvalue weighted by Gasteiger charge is 2.21. The lowest BCUT2D eigenvalue weighted by Crippen LogP contribution is -2.48. The number of rotatable bonds is 5. The first-order valence-electron chi connectivity index (χ1n) is 7.48. The molecule has 1 saturated heterocycles. The Balaban J connectivity index is 2.32. The normalized spacial score (nSPS) is 19.2. The highest BCUT2D eigenvalue weighted by atomic mass is 16.2. The van der Waals surface area contributed by atoms with Gasteiger partial charge in [0, 0.05) is 52.2 Å². The molecule has 0 spiro atoms. The predicted octanol–water partition coefficient (Wildman–Crippen LogP) is 1.56. The van der Waals surface area contributed by atoms with Crippen molar-refractivity contribution >= 4 is 5.91 Å². The molecule has 1 fully saturated rings. The molecule has 1 aliphatic rings. The number of amides is 1. The molecular weight excluding hydrogens is 238 g/mol. The topological polar surface area (TPSA) is 35.6 Å². The fraction of sp³-hybridized carbons (Fsp3) is 0.933. The first-order valence-corrected chi connectivity index (χ1v) is 7.48. The van der Waals surface area contributed by atoms with Gasteiger partial charge < -0.3 is 10.2 Å². The van der Waals surface area contributed by atoms with Crippen LogP contribution in [0.25, 0.3) is 0 Å². The largest absolute Gasteiger partial charge is 0.346 e. The third-order valence-corrected chi connectivity index (χ3v) is 3.87. The van der Waals surface area contributed by atoms with E-state index in [9.17, 15) is 4.79 Å². The summed E-state index contributed by atoms with van der Waals surface area (Å²) in [5.74, 6) is 0.273. The van der Waals surface area contributed by atoms with E-state index in [0.29, 0.717) is 17.9 Å². The van der Waals surface area contributed by atoms with Crippen LogP contribution in [0.4, 0.5) is 0 Å². The van der Waals surface area contributed by atoms with Crippen LogP contribution in [-0.2, 0) is 4.79 Å². The number of nitrogens with zero attached hydrogens (tertiary/aromatic N) is 2. The smallest absolute Gasteiger partial charge is 0.223 e. The van der Waals surface area contributed by atoms with Crippen molar-refractivity contribution < 1.29 is 4.79 Å². The third kappa shape index (κ3) is 6.39. The Morgan fingerprint density at radius 3 is 2.42 bits per heavy atom. The first kappa shape index (κ1) is 16.4. The summed E-state index contributed by atoms with van der Waals surface area (Å²) in [4.78, 5) is 16.5. The molecule has 1 rings (SSSR count). The molecule has 1 aliphatic heterocycles. The van der Waals surface area contributed by atoms with Gasteiger partial charge >= 0.3 is 0 Å². The van der Waals surface area contributed by atoms with Crippen LogP contribution >= 0.6 is 0 Å². The van der Waals surface area contributed by atoms with Gasteiger partial charge in [0.05, 0.1) is 0 Å². The van der Waals surface area contributed by atoms with Crippen LogP contribution in [0.3, 0.4) is 0 Å². The maximum absolute atomic E-state index is 12.2. The van der Waals surface area contributed by atoms with Gasteiger partial charge in [-0.1, -0.05) is 20.8 Å². The number of piperazine rings is 1. The molecule has 0 saturated carbocycles. The van der Waals surface area contributed by atoms with E-state index in [1.807, 2.05) is 11.9 Å². The monoisotopic (exact) mass is 269 g/mol. The minimum Gasteiger partial charge on any atom is -0.346 e. The Hall–Kier alpha value is -0.610. The van der Waals surface area contributed by atoms with E-state index in [2.05, 4.69) is 37.9 Å². The maximum atomic E-state index is 12.2. The zero-order chi connectivity index (χ0) is 14.5. The lowest BCUT2D eigenvalue weighted by atomic mass is 9.92. The summed E-state index contributed by atoms with van der Waals surface area (Å²) in [5.41, 5.74) is 0.290. The van der Waals surface area contributed by atoms with Crippen LogP contribution in [0, 0.1) is 5.41 Å². The van der Waals surface area contributed by atoms with Gasteiger partial charge in [-0.15, -0.1) is 0 Å². The summed E-state index contributed by atoms with van der Waals surface area (Å²) in [7, 11) is 1.93. The molecule has 1 unspecified atom stereocenters. The van der Waals surface area contributed by atoms with E-state index < -0.39 is 0 Å². The van der Waals surface area contributed by atoms with Crippen molar-refractivity contribution in [3.8, 4) is 0 Å². The standard InChI is InChI=1S/C15H31N3O/c1-13(18-10-7-16-8-11-18)12-14(19)17(5)9-6-15(2,3)4/h13,16H,6-12H2,1-5H3. The van der Waals surface area contributed by atoms with Crippen molar-refractivity contribution in [2.24, 2.45) is 5.41 Å². The molecule has 0 aliphatic carbocycles. The molecule has 0 aromatic heterocycles. The summed E-state index contributed by atoms with van der Waals surface area (Å²) in [6, 6.07) is 0.353. The number of carbonyl (C=O) groups is 1. The quantitative estimate of drug-likeness (QED) is 0.823. The summed E-state index contributed by atoms with van der Waals surface area (Å²) < 4.78 is 0. The van der Waals surface area contributed by atoms with E-state index in [4.69, 9.17) is 0 Å². The van der Waals surface area contributed by atoms with Crippen molar-refractivity contribution in [1.82, 2.24) is 15.1 Å². The van der Waals surface area contributed by atoms with Crippen LogP contribution < -0.4 is 5.32 Å². The van der Waals surface area contributed by atoms with Crippen molar-refractivity contribution in [3.05, 3.63) is 0 Å². The minimum absolute atomic E-state index is 0.273. The molecule has 4 heteroatoms. The second-order valence-corrected chi connectivity index (χ2v) is 6.97. The van der Waals surface area contributed by atoms with Gasteiger partial charge in [0.15, 0.2) is 0 Å². The molecule has 0 radical (unpaired) electrons. The fourth-order valence-corrected chi connectivity index (χ4v) is 2.29. The molecule has 0 bridgehead atoms. The zero-order valence-electron chi connectivity index (χ0n) is 13.3. The third-order valence-electron chi connectivity index (χ3n) is 3.87. The van der Waals surface area contributed by atoms with Gasteiger partial charge in [0.25, 0.3) is 0 Å². The maximum Gasteiger partial charge on any atom is 0.223 e. The Bertz CT molecular complexity index is 280. The summed E-state index contributed by atoms with van der Waals surface area (Å²) in [6.07, 6.45) is 1.69. The molecule has 112 valence electrons. The van der Waals surface area contributed by atoms with E-state index >= 15 is 0 Å². The summed E-state index contributed by atoms with van der Waals surface area (Å²) in [5, 5.41) is 3.35. The van der Waals surface area contributed by atoms with E-state index in [1.165, 1.54) is 0 Å². The van der Waals surface area contributed by atoms with Crippen molar-refractivity contribution in [3.63, 3.8) is 0 Å². The number of nitrogens with one attached hydrogen (secondary N) is 1. The first-order chi connectivity index (χ1) is 8.79. The SMILES string of the molecule is CC(CC(=O)N(C)CCC(C)(C)C)N1CCNCC1. The van der Waals surface area contributed by atoms with Crippen LogP contribution in [0.15, 0.2) is 0 Å². The van der Waals surface area contributed by atoms with Crippen LogP contribution in [0.2, 0.25) is 0 Å². The highest BCUT2D eigenvalue weighted by Crippen LogP contribution is 2.18. The van der Waals surface area contributed by atoms with Gasteiger partial charge in [-0.2, -0.15) is 0 Å². The van der Waals surface area contributed by atoms with Crippen LogP contribution in [0.1, 0.15) is 40.5 Å². The van der Waals surface area contributed by atoms with E-state index in [0.717, 1.165) is 39.1 Å². The Labute approximate surface area is 118 Å². The highest BCUT2D eigenvalue weighted by molar-refractivity contribution is 5.76. The molecule has 0 aromatic carbocycles. The minimum atomic E-state index is 0.273. The molecule has 1 amide bonds. The lowest BCUT2D eigenvalue weighted by Gasteiger charge is -2.33. The average molecular weight is 269 g/mol. The Morgan fingerprint density at radius 2 is 1.89 bits per heavy atom. The van der Waals surface area contributed by atoms with E-state index in [-0.39, 0.29) is 5.91 Å².